The van der Waals surface area contributed by atoms with Crippen LogP contribution >= 0.6 is 0 Å². The fraction of sp³-hybridized carbons (Fsp3) is 0.562. The molecule has 20 heavy (non-hydrogen) atoms. The first-order valence-corrected chi connectivity index (χ1v) is 7.14. The van der Waals surface area contributed by atoms with E-state index in [0.29, 0.717) is 17.9 Å². The van der Waals surface area contributed by atoms with Crippen molar-refractivity contribution in [3.05, 3.63) is 29.8 Å². The van der Waals surface area contributed by atoms with Crippen molar-refractivity contribution < 1.29 is 14.6 Å². The molecule has 0 aliphatic heterocycles. The summed E-state index contributed by atoms with van der Waals surface area (Å²) < 4.78 is 5.10. The van der Waals surface area contributed by atoms with Gasteiger partial charge in [-0.2, -0.15) is 0 Å². The molecular weight excluding hydrogens is 254 g/mol. The van der Waals surface area contributed by atoms with Gasteiger partial charge in [-0.15, -0.1) is 0 Å². The molecule has 0 spiro atoms. The maximum atomic E-state index is 12.0. The van der Waals surface area contributed by atoms with Crippen LogP contribution in [0.5, 0.6) is 5.75 Å². The van der Waals surface area contributed by atoms with Crippen LogP contribution in [0.3, 0.4) is 0 Å². The molecule has 1 saturated carbocycles. The molecule has 0 saturated heterocycles. The van der Waals surface area contributed by atoms with Crippen LogP contribution < -0.4 is 10.1 Å². The zero-order chi connectivity index (χ0) is 14.6. The van der Waals surface area contributed by atoms with E-state index in [9.17, 15) is 9.90 Å². The molecule has 0 radical (unpaired) electrons. The van der Waals surface area contributed by atoms with Crippen molar-refractivity contribution in [1.82, 2.24) is 5.32 Å². The normalized spacial score (nSPS) is 18.6. The fourth-order valence-electron chi connectivity index (χ4n) is 2.77. The molecule has 1 unspecified atom stereocenters. The van der Waals surface area contributed by atoms with Crippen molar-refractivity contribution in [3.8, 4) is 5.75 Å². The lowest BCUT2D eigenvalue weighted by atomic mass is 9.89. The lowest BCUT2D eigenvalue weighted by molar-refractivity contribution is -0.130. The van der Waals surface area contributed by atoms with Crippen molar-refractivity contribution >= 4 is 5.91 Å². The third-order valence-electron chi connectivity index (χ3n) is 4.16. The van der Waals surface area contributed by atoms with Gasteiger partial charge in [0.1, 0.15) is 5.75 Å². The van der Waals surface area contributed by atoms with Gasteiger partial charge < -0.3 is 15.2 Å². The molecule has 1 fully saturated rings. The molecule has 1 aromatic carbocycles. The van der Waals surface area contributed by atoms with E-state index in [1.807, 2.05) is 0 Å². The first kappa shape index (κ1) is 14.9. The summed E-state index contributed by atoms with van der Waals surface area (Å²) in [4.78, 5) is 12.0. The molecule has 1 aromatic rings. The molecule has 1 atom stereocenters. The summed E-state index contributed by atoms with van der Waals surface area (Å²) in [5.74, 6) is 0.295. The number of ether oxygens (including phenoxy) is 1. The standard InChI is InChI=1S/C16H23NO3/c1-16(8-3-4-9-16)11-17-15(19)14(18)12-6-5-7-13(10-12)20-2/h5-7,10,14,18H,3-4,8-9,11H2,1-2H3,(H,17,19). The number of hydrogen-bond donors (Lipinski definition) is 2. The Hall–Kier alpha value is -1.55. The van der Waals surface area contributed by atoms with Crippen molar-refractivity contribution in [1.29, 1.82) is 0 Å². The van der Waals surface area contributed by atoms with Crippen molar-refractivity contribution in [2.24, 2.45) is 5.41 Å². The molecule has 2 N–H and O–H groups in total. The van der Waals surface area contributed by atoms with E-state index >= 15 is 0 Å². The minimum Gasteiger partial charge on any atom is -0.497 e. The number of carbonyl (C=O) groups excluding carboxylic acids is 1. The Morgan fingerprint density at radius 2 is 2.15 bits per heavy atom. The highest BCUT2D eigenvalue weighted by Gasteiger charge is 2.30. The predicted octanol–water partition coefficient (Wildman–Crippen LogP) is 2.43. The second-order valence-corrected chi connectivity index (χ2v) is 5.91. The van der Waals surface area contributed by atoms with Crippen molar-refractivity contribution in [2.75, 3.05) is 13.7 Å². The molecule has 0 heterocycles. The van der Waals surface area contributed by atoms with Gasteiger partial charge in [-0.25, -0.2) is 0 Å². The monoisotopic (exact) mass is 277 g/mol. The lowest BCUT2D eigenvalue weighted by Crippen LogP contribution is -2.37. The molecule has 1 aliphatic carbocycles. The van der Waals surface area contributed by atoms with E-state index in [2.05, 4.69) is 12.2 Å². The van der Waals surface area contributed by atoms with Gasteiger partial charge >= 0.3 is 0 Å². The number of aliphatic hydroxyl groups excluding tert-OH is 1. The molecule has 110 valence electrons. The van der Waals surface area contributed by atoms with Gasteiger partial charge in [0.25, 0.3) is 5.91 Å². The largest absolute Gasteiger partial charge is 0.497 e. The molecule has 1 amide bonds. The van der Waals surface area contributed by atoms with Gasteiger partial charge in [0.2, 0.25) is 0 Å². The van der Waals surface area contributed by atoms with E-state index in [1.54, 1.807) is 31.4 Å². The average molecular weight is 277 g/mol. The van der Waals surface area contributed by atoms with Crippen molar-refractivity contribution in [3.63, 3.8) is 0 Å². The fourth-order valence-corrected chi connectivity index (χ4v) is 2.77. The summed E-state index contributed by atoms with van der Waals surface area (Å²) >= 11 is 0. The van der Waals surface area contributed by atoms with Crippen molar-refractivity contribution in [2.45, 2.75) is 38.7 Å². The van der Waals surface area contributed by atoms with Crippen LogP contribution in [-0.4, -0.2) is 24.7 Å². The van der Waals surface area contributed by atoms with Gasteiger partial charge in [0, 0.05) is 6.54 Å². The SMILES string of the molecule is COc1cccc(C(O)C(=O)NCC2(C)CCCC2)c1. The van der Waals surface area contributed by atoms with Crippen LogP contribution in [0.1, 0.15) is 44.3 Å². The van der Waals surface area contributed by atoms with Crippen LogP contribution in [0.25, 0.3) is 0 Å². The third kappa shape index (κ3) is 3.51. The summed E-state index contributed by atoms with van der Waals surface area (Å²) in [6, 6.07) is 6.96. The Morgan fingerprint density at radius 3 is 2.80 bits per heavy atom. The maximum Gasteiger partial charge on any atom is 0.253 e. The van der Waals surface area contributed by atoms with Gasteiger partial charge in [-0.05, 0) is 36.0 Å². The summed E-state index contributed by atoms with van der Waals surface area (Å²) in [7, 11) is 1.56. The number of amides is 1. The smallest absolute Gasteiger partial charge is 0.253 e. The number of rotatable bonds is 5. The highest BCUT2D eigenvalue weighted by Crippen LogP contribution is 2.36. The number of aliphatic hydroxyl groups is 1. The Labute approximate surface area is 120 Å². The van der Waals surface area contributed by atoms with E-state index in [-0.39, 0.29) is 11.3 Å². The Kier molecular flexibility index (Phi) is 4.65. The zero-order valence-electron chi connectivity index (χ0n) is 12.2. The second-order valence-electron chi connectivity index (χ2n) is 5.91. The summed E-state index contributed by atoms with van der Waals surface area (Å²) in [6.45, 7) is 2.82. The Balaban J connectivity index is 1.94. The molecule has 0 bridgehead atoms. The van der Waals surface area contributed by atoms with Crippen LogP contribution in [0.4, 0.5) is 0 Å². The minimum absolute atomic E-state index is 0.184. The minimum atomic E-state index is -1.14. The van der Waals surface area contributed by atoms with E-state index in [0.717, 1.165) is 12.8 Å². The predicted molar refractivity (Wildman–Crippen MR) is 77.5 cm³/mol. The topological polar surface area (TPSA) is 58.6 Å². The number of methoxy groups -OCH3 is 1. The summed E-state index contributed by atoms with van der Waals surface area (Å²) in [5, 5.41) is 13.0. The van der Waals surface area contributed by atoms with Crippen LogP contribution in [0.2, 0.25) is 0 Å². The highest BCUT2D eigenvalue weighted by molar-refractivity contribution is 5.82. The number of hydrogen-bond acceptors (Lipinski definition) is 3. The lowest BCUT2D eigenvalue weighted by Gasteiger charge is -2.24. The van der Waals surface area contributed by atoms with E-state index < -0.39 is 6.10 Å². The highest BCUT2D eigenvalue weighted by atomic mass is 16.5. The Morgan fingerprint density at radius 1 is 1.45 bits per heavy atom. The molecule has 4 heteroatoms. The zero-order valence-corrected chi connectivity index (χ0v) is 12.2. The van der Waals surface area contributed by atoms with Crippen LogP contribution in [-0.2, 0) is 4.79 Å². The molecule has 2 rings (SSSR count). The Bertz CT molecular complexity index is 467. The summed E-state index contributed by atoms with van der Waals surface area (Å²) in [5.41, 5.74) is 0.738. The quantitative estimate of drug-likeness (QED) is 0.869. The van der Waals surface area contributed by atoms with Crippen LogP contribution in [0, 0.1) is 5.41 Å². The second kappa shape index (κ2) is 6.27. The molecular formula is C16H23NO3. The molecule has 4 nitrogen and oxygen atoms in total. The number of benzene rings is 1. The molecule has 1 aliphatic rings. The van der Waals surface area contributed by atoms with Gasteiger partial charge in [-0.1, -0.05) is 31.9 Å². The third-order valence-corrected chi connectivity index (χ3v) is 4.16. The average Bonchev–Trinajstić information content (AvgIpc) is 2.91. The first-order chi connectivity index (χ1) is 9.54. The summed E-state index contributed by atoms with van der Waals surface area (Å²) in [6.07, 6.45) is 3.59. The van der Waals surface area contributed by atoms with Crippen LogP contribution in [0.15, 0.2) is 24.3 Å². The van der Waals surface area contributed by atoms with E-state index in [4.69, 9.17) is 4.74 Å². The number of nitrogens with one attached hydrogen (secondary N) is 1. The van der Waals surface area contributed by atoms with Gasteiger partial charge in [-0.3, -0.25) is 4.79 Å². The molecule has 0 aromatic heterocycles. The van der Waals surface area contributed by atoms with E-state index in [1.165, 1.54) is 12.8 Å². The maximum absolute atomic E-state index is 12.0. The van der Waals surface area contributed by atoms with Gasteiger partial charge in [0.05, 0.1) is 7.11 Å². The van der Waals surface area contributed by atoms with Gasteiger partial charge in [0.15, 0.2) is 6.10 Å². The number of carbonyl (C=O) groups is 1. The first-order valence-electron chi connectivity index (χ1n) is 7.14.